The minimum atomic E-state index is -4.50. The highest BCUT2D eigenvalue weighted by atomic mass is 32.2. The Kier molecular flexibility index (Phi) is 5.77. The molecule has 8 nitrogen and oxygen atoms in total. The Morgan fingerprint density at radius 2 is 0.868 bits per heavy atom. The van der Waals surface area contributed by atoms with Crippen molar-refractivity contribution in [1.29, 1.82) is 0 Å². The van der Waals surface area contributed by atoms with Crippen molar-refractivity contribution in [2.75, 3.05) is 0 Å². The van der Waals surface area contributed by atoms with Crippen LogP contribution in [0.3, 0.4) is 0 Å². The van der Waals surface area contributed by atoms with E-state index in [9.17, 15) is 36.6 Å². The Hall–Kier alpha value is -4.28. The average molecular weight is 549 g/mol. The van der Waals surface area contributed by atoms with Crippen molar-refractivity contribution in [2.24, 2.45) is 0 Å². The van der Waals surface area contributed by atoms with Gasteiger partial charge >= 0.3 is 0 Å². The summed E-state index contributed by atoms with van der Waals surface area (Å²) in [4.78, 5) is 25.3. The van der Waals surface area contributed by atoms with E-state index < -0.39 is 74.8 Å². The van der Waals surface area contributed by atoms with Crippen molar-refractivity contribution in [2.45, 2.75) is 33.4 Å². The third-order valence-corrected chi connectivity index (χ3v) is 10.5. The smallest absolute Gasteiger partial charge is 0.207 e. The van der Waals surface area contributed by atoms with E-state index in [1.807, 2.05) is 0 Å². The SMILES string of the molecule is Cc1c(C)c(O)c2c(c1O)C(=O)c1cc(S(=O)(=O)c3ccccc3)c(S(=O)(=O)c3ccccc3)cc1C2=O. The first kappa shape index (κ1) is 25.4. The zero-order valence-electron chi connectivity index (χ0n) is 20.1. The molecule has 0 atom stereocenters. The Morgan fingerprint density at radius 3 is 1.18 bits per heavy atom. The summed E-state index contributed by atoms with van der Waals surface area (Å²) in [6.45, 7) is 2.91. The number of rotatable bonds is 4. The van der Waals surface area contributed by atoms with Gasteiger partial charge < -0.3 is 10.2 Å². The highest BCUT2D eigenvalue weighted by Crippen LogP contribution is 2.44. The van der Waals surface area contributed by atoms with Crippen LogP contribution in [0.2, 0.25) is 0 Å². The molecule has 0 radical (unpaired) electrons. The van der Waals surface area contributed by atoms with Gasteiger partial charge in [0.05, 0.1) is 30.7 Å². The quantitative estimate of drug-likeness (QED) is 0.319. The van der Waals surface area contributed by atoms with Crippen molar-refractivity contribution in [3.63, 3.8) is 0 Å². The molecule has 1 aliphatic carbocycles. The van der Waals surface area contributed by atoms with Gasteiger partial charge in [0.15, 0.2) is 11.6 Å². The Morgan fingerprint density at radius 1 is 0.553 bits per heavy atom. The molecule has 38 heavy (non-hydrogen) atoms. The van der Waals surface area contributed by atoms with E-state index in [2.05, 4.69) is 0 Å². The van der Waals surface area contributed by atoms with Gasteiger partial charge in [0.25, 0.3) is 0 Å². The first-order valence-electron chi connectivity index (χ1n) is 11.3. The predicted molar refractivity (Wildman–Crippen MR) is 136 cm³/mol. The molecule has 4 aromatic rings. The van der Waals surface area contributed by atoms with Crippen LogP contribution in [-0.2, 0) is 19.7 Å². The van der Waals surface area contributed by atoms with Gasteiger partial charge in [-0.1, -0.05) is 36.4 Å². The number of hydrogen-bond donors (Lipinski definition) is 2. The molecule has 5 rings (SSSR count). The summed E-state index contributed by atoms with van der Waals surface area (Å²) in [6, 6.07) is 15.9. The van der Waals surface area contributed by atoms with Gasteiger partial charge in [-0.3, -0.25) is 9.59 Å². The molecule has 2 N–H and O–H groups in total. The van der Waals surface area contributed by atoms with Gasteiger partial charge in [-0.25, -0.2) is 16.8 Å². The van der Waals surface area contributed by atoms with Crippen LogP contribution in [-0.4, -0.2) is 38.6 Å². The van der Waals surface area contributed by atoms with Crippen molar-refractivity contribution in [3.05, 3.63) is 106 Å². The molecule has 0 heterocycles. The Labute approximate surface area is 218 Å². The molecular formula is C28H20O8S2. The first-order chi connectivity index (χ1) is 17.9. The van der Waals surface area contributed by atoms with Gasteiger partial charge in [-0.15, -0.1) is 0 Å². The number of hydrogen-bond acceptors (Lipinski definition) is 8. The van der Waals surface area contributed by atoms with E-state index in [-0.39, 0.29) is 20.9 Å². The minimum Gasteiger partial charge on any atom is -0.507 e. The van der Waals surface area contributed by atoms with Gasteiger partial charge in [0, 0.05) is 11.1 Å². The second-order valence-corrected chi connectivity index (χ2v) is 12.7. The van der Waals surface area contributed by atoms with Crippen LogP contribution in [0.1, 0.15) is 43.0 Å². The fourth-order valence-corrected chi connectivity index (χ4v) is 7.88. The number of carbonyl (C=O) groups is 2. The summed E-state index contributed by atoms with van der Waals surface area (Å²) in [7, 11) is -9.00. The lowest BCUT2D eigenvalue weighted by Gasteiger charge is -2.23. The fourth-order valence-electron chi connectivity index (χ4n) is 4.49. The van der Waals surface area contributed by atoms with Crippen molar-refractivity contribution < 1.29 is 36.6 Å². The fraction of sp³-hybridized carbons (Fsp3) is 0.0714. The molecule has 4 aromatic carbocycles. The molecule has 10 heteroatoms. The molecule has 0 fully saturated rings. The molecule has 0 unspecified atom stereocenters. The highest BCUT2D eigenvalue weighted by Gasteiger charge is 2.40. The topological polar surface area (TPSA) is 143 Å². The minimum absolute atomic E-state index is 0.172. The predicted octanol–water partition coefficient (Wildman–Crippen LogP) is 4.16. The zero-order chi connectivity index (χ0) is 27.6. The summed E-state index contributed by atoms with van der Waals surface area (Å²) in [5.41, 5.74) is -1.39. The Bertz CT molecular complexity index is 1750. The number of ketones is 2. The first-order valence-corrected chi connectivity index (χ1v) is 14.3. The maximum absolute atomic E-state index is 13.7. The van der Waals surface area contributed by atoms with E-state index in [4.69, 9.17) is 0 Å². The molecule has 192 valence electrons. The van der Waals surface area contributed by atoms with E-state index >= 15 is 0 Å². The summed E-state index contributed by atoms with van der Waals surface area (Å²) < 4.78 is 54.9. The van der Waals surface area contributed by atoms with Crippen LogP contribution < -0.4 is 0 Å². The van der Waals surface area contributed by atoms with Gasteiger partial charge in [-0.05, 0) is 61.4 Å². The molecule has 0 saturated heterocycles. The number of phenolic OH excluding ortho intramolecular Hbond substituents is 2. The summed E-state index contributed by atoms with van der Waals surface area (Å²) in [5.74, 6) is -2.88. The van der Waals surface area contributed by atoms with Crippen molar-refractivity contribution >= 4 is 31.2 Å². The van der Waals surface area contributed by atoms with Crippen molar-refractivity contribution in [3.8, 4) is 11.5 Å². The number of phenols is 2. The van der Waals surface area contributed by atoms with E-state index in [0.717, 1.165) is 12.1 Å². The molecular weight excluding hydrogens is 528 g/mol. The van der Waals surface area contributed by atoms with Crippen LogP contribution in [0, 0.1) is 13.8 Å². The largest absolute Gasteiger partial charge is 0.507 e. The molecule has 0 bridgehead atoms. The molecule has 0 amide bonds. The molecule has 1 aliphatic rings. The second-order valence-electron chi connectivity index (χ2n) is 8.83. The van der Waals surface area contributed by atoms with Gasteiger partial charge in [0.2, 0.25) is 19.7 Å². The molecule has 0 saturated carbocycles. The lowest BCUT2D eigenvalue weighted by Crippen LogP contribution is -2.24. The molecule has 0 aliphatic heterocycles. The Balaban J connectivity index is 1.89. The number of fused-ring (bicyclic) bond motifs is 2. The van der Waals surface area contributed by atoms with E-state index in [0.29, 0.717) is 0 Å². The van der Waals surface area contributed by atoms with Crippen molar-refractivity contribution in [1.82, 2.24) is 0 Å². The summed E-state index contributed by atoms with van der Waals surface area (Å²) >= 11 is 0. The molecule has 0 aromatic heterocycles. The van der Waals surface area contributed by atoms with Crippen LogP contribution in [0.5, 0.6) is 11.5 Å². The third-order valence-electron chi connectivity index (χ3n) is 6.71. The second kappa shape index (κ2) is 8.64. The average Bonchev–Trinajstić information content (AvgIpc) is 2.92. The van der Waals surface area contributed by atoms with Crippen LogP contribution in [0.4, 0.5) is 0 Å². The van der Waals surface area contributed by atoms with Crippen LogP contribution >= 0.6 is 0 Å². The maximum atomic E-state index is 13.7. The number of carbonyl (C=O) groups excluding carboxylic acids is 2. The summed E-state index contributed by atoms with van der Waals surface area (Å²) in [6.07, 6.45) is 0. The van der Waals surface area contributed by atoms with E-state index in [1.54, 1.807) is 12.1 Å². The lowest BCUT2D eigenvalue weighted by atomic mass is 9.81. The standard InChI is InChI=1S/C28H20O8S2/c1-15-16(2)26(30)24-23(25(15)29)27(31)19-13-21(37(33,34)17-9-5-3-6-10-17)22(14-20(19)28(24)32)38(35,36)18-11-7-4-8-12-18/h3-14,29-30H,1-2H3. The maximum Gasteiger partial charge on any atom is 0.207 e. The normalized spacial score (nSPS) is 13.2. The molecule has 0 spiro atoms. The number of aromatic hydroxyl groups is 2. The number of sulfone groups is 2. The number of benzene rings is 4. The van der Waals surface area contributed by atoms with Crippen LogP contribution in [0.25, 0.3) is 0 Å². The van der Waals surface area contributed by atoms with Gasteiger partial charge in [0.1, 0.15) is 11.5 Å². The lowest BCUT2D eigenvalue weighted by molar-refractivity contribution is 0.0973. The third kappa shape index (κ3) is 3.56. The summed E-state index contributed by atoms with van der Waals surface area (Å²) in [5, 5.41) is 21.4. The van der Waals surface area contributed by atoms with E-state index in [1.165, 1.54) is 62.4 Å². The van der Waals surface area contributed by atoms with Crippen LogP contribution in [0.15, 0.2) is 92.4 Å². The highest BCUT2D eigenvalue weighted by molar-refractivity contribution is 7.94. The monoisotopic (exact) mass is 548 g/mol. The van der Waals surface area contributed by atoms with Gasteiger partial charge in [-0.2, -0.15) is 0 Å². The zero-order valence-corrected chi connectivity index (χ0v) is 21.7.